The predicted molar refractivity (Wildman–Crippen MR) is 103 cm³/mol. The number of carbonyl (C=O) groups excluding carboxylic acids is 2. The van der Waals surface area contributed by atoms with Gasteiger partial charge in [-0.2, -0.15) is 0 Å². The molecule has 1 aliphatic heterocycles. The van der Waals surface area contributed by atoms with Crippen LogP contribution in [-0.2, 0) is 27.3 Å². The summed E-state index contributed by atoms with van der Waals surface area (Å²) in [6.45, 7) is 0.950. The molecule has 6 nitrogen and oxygen atoms in total. The van der Waals surface area contributed by atoms with Crippen molar-refractivity contribution in [3.8, 4) is 11.5 Å². The molecule has 2 fully saturated rings. The molecule has 0 aromatic heterocycles. The van der Waals surface area contributed by atoms with Gasteiger partial charge in [0.25, 0.3) is 5.91 Å². The number of hydrogen-bond acceptors (Lipinski definition) is 5. The summed E-state index contributed by atoms with van der Waals surface area (Å²) in [5.74, 6) is 2.97. The lowest BCUT2D eigenvalue weighted by Crippen LogP contribution is -2.38. The highest BCUT2D eigenvalue weighted by molar-refractivity contribution is 5.81. The summed E-state index contributed by atoms with van der Waals surface area (Å²) in [7, 11) is 3.22. The third-order valence-electron chi connectivity index (χ3n) is 6.74. The summed E-state index contributed by atoms with van der Waals surface area (Å²) in [5.41, 5.74) is 2.21. The summed E-state index contributed by atoms with van der Waals surface area (Å²) in [5, 5.41) is 0. The van der Waals surface area contributed by atoms with Crippen LogP contribution in [0.25, 0.3) is 0 Å². The van der Waals surface area contributed by atoms with Crippen LogP contribution in [0.4, 0.5) is 0 Å². The number of rotatable bonds is 6. The Labute approximate surface area is 166 Å². The Hall–Kier alpha value is -2.24. The molecule has 1 aromatic rings. The molecule has 4 rings (SSSR count). The summed E-state index contributed by atoms with van der Waals surface area (Å²) in [4.78, 5) is 26.5. The minimum Gasteiger partial charge on any atom is -0.493 e. The number of methoxy groups -OCH3 is 2. The molecule has 3 atom stereocenters. The Morgan fingerprint density at radius 3 is 2.46 bits per heavy atom. The van der Waals surface area contributed by atoms with Gasteiger partial charge < -0.3 is 19.1 Å². The average Bonchev–Trinajstić information content (AvgIpc) is 3.33. The standard InChI is InChI=1S/C22H29NO5/c1-26-19-9-16-5-6-23(12-18(16)10-20(19)27-2)21(24)13-28-22(25)11-17-8-14-3-4-15(17)7-14/h9-10,14-15,17H,3-8,11-13H2,1-2H3/t14-,15-,17+/m1/s1. The topological polar surface area (TPSA) is 65.1 Å². The molecule has 2 saturated carbocycles. The highest BCUT2D eigenvalue weighted by Gasteiger charge is 2.40. The van der Waals surface area contributed by atoms with E-state index in [4.69, 9.17) is 14.2 Å². The van der Waals surface area contributed by atoms with Crippen molar-refractivity contribution in [3.05, 3.63) is 23.3 Å². The molecule has 0 N–H and O–H groups in total. The molecule has 152 valence electrons. The van der Waals surface area contributed by atoms with E-state index < -0.39 is 0 Å². The van der Waals surface area contributed by atoms with Crippen molar-refractivity contribution in [1.29, 1.82) is 0 Å². The van der Waals surface area contributed by atoms with Crippen LogP contribution in [0.15, 0.2) is 12.1 Å². The molecule has 28 heavy (non-hydrogen) atoms. The normalized spacial score (nSPS) is 25.4. The van der Waals surface area contributed by atoms with Gasteiger partial charge in [0, 0.05) is 19.5 Å². The first-order chi connectivity index (χ1) is 13.6. The van der Waals surface area contributed by atoms with Crippen LogP contribution in [0.1, 0.15) is 43.2 Å². The number of ether oxygens (including phenoxy) is 3. The summed E-state index contributed by atoms with van der Waals surface area (Å²) in [6.07, 6.45) is 6.22. The molecule has 1 heterocycles. The van der Waals surface area contributed by atoms with Gasteiger partial charge in [0.1, 0.15) is 0 Å². The van der Waals surface area contributed by atoms with Gasteiger partial charge >= 0.3 is 5.97 Å². The van der Waals surface area contributed by atoms with Crippen molar-refractivity contribution in [2.24, 2.45) is 17.8 Å². The summed E-state index contributed by atoms with van der Waals surface area (Å²) >= 11 is 0. The van der Waals surface area contributed by atoms with Crippen molar-refractivity contribution >= 4 is 11.9 Å². The quantitative estimate of drug-likeness (QED) is 0.702. The van der Waals surface area contributed by atoms with Crippen LogP contribution >= 0.6 is 0 Å². The molecule has 6 heteroatoms. The van der Waals surface area contributed by atoms with E-state index in [1.165, 1.54) is 19.3 Å². The summed E-state index contributed by atoms with van der Waals surface area (Å²) in [6, 6.07) is 3.90. The van der Waals surface area contributed by atoms with E-state index in [1.807, 2.05) is 12.1 Å². The highest BCUT2D eigenvalue weighted by Crippen LogP contribution is 2.49. The van der Waals surface area contributed by atoms with Gasteiger partial charge in [0.2, 0.25) is 0 Å². The smallest absolute Gasteiger partial charge is 0.306 e. The zero-order valence-electron chi connectivity index (χ0n) is 16.7. The molecule has 2 bridgehead atoms. The van der Waals surface area contributed by atoms with Crippen molar-refractivity contribution < 1.29 is 23.8 Å². The van der Waals surface area contributed by atoms with Crippen molar-refractivity contribution in [2.45, 2.75) is 45.1 Å². The van der Waals surface area contributed by atoms with Crippen molar-refractivity contribution in [1.82, 2.24) is 4.90 Å². The zero-order chi connectivity index (χ0) is 19.7. The first-order valence-electron chi connectivity index (χ1n) is 10.2. The van der Waals surface area contributed by atoms with Crippen molar-refractivity contribution in [2.75, 3.05) is 27.4 Å². The van der Waals surface area contributed by atoms with E-state index in [9.17, 15) is 9.59 Å². The maximum Gasteiger partial charge on any atom is 0.306 e. The molecule has 0 unspecified atom stereocenters. The molecule has 0 radical (unpaired) electrons. The number of esters is 1. The van der Waals surface area contributed by atoms with Gasteiger partial charge in [-0.3, -0.25) is 9.59 Å². The molecule has 0 spiro atoms. The molecular weight excluding hydrogens is 358 g/mol. The Bertz CT molecular complexity index is 762. The van der Waals surface area contributed by atoms with Crippen LogP contribution in [0.3, 0.4) is 0 Å². The SMILES string of the molecule is COc1cc2c(cc1OC)CN(C(=O)COC(=O)C[C@@H]1C[C@@H]3CC[C@@H]1C3)CC2. The van der Waals surface area contributed by atoms with Gasteiger partial charge in [-0.05, 0) is 66.7 Å². The Kier molecular flexibility index (Phi) is 5.47. The zero-order valence-corrected chi connectivity index (χ0v) is 16.7. The molecule has 1 amide bonds. The van der Waals surface area contributed by atoms with Crippen LogP contribution in [-0.4, -0.2) is 44.1 Å². The molecule has 3 aliphatic rings. The molecule has 2 aliphatic carbocycles. The number of amides is 1. The summed E-state index contributed by atoms with van der Waals surface area (Å²) < 4.78 is 16.0. The monoisotopic (exact) mass is 387 g/mol. The fourth-order valence-electron chi connectivity index (χ4n) is 5.23. The van der Waals surface area contributed by atoms with Crippen molar-refractivity contribution in [3.63, 3.8) is 0 Å². The fraction of sp³-hybridized carbons (Fsp3) is 0.636. The van der Waals surface area contributed by atoms with E-state index in [0.29, 0.717) is 42.8 Å². The molecule has 1 aromatic carbocycles. The van der Waals surface area contributed by atoms with Gasteiger partial charge in [-0.25, -0.2) is 0 Å². The second kappa shape index (κ2) is 8.02. The maximum atomic E-state index is 12.5. The lowest BCUT2D eigenvalue weighted by molar-refractivity contribution is -0.153. The molecule has 0 saturated heterocycles. The Morgan fingerprint density at radius 1 is 1.07 bits per heavy atom. The first-order valence-corrected chi connectivity index (χ1v) is 10.2. The van der Waals surface area contributed by atoms with Crippen LogP contribution in [0.5, 0.6) is 11.5 Å². The van der Waals surface area contributed by atoms with E-state index in [2.05, 4.69) is 0 Å². The van der Waals surface area contributed by atoms with Crippen LogP contribution < -0.4 is 9.47 Å². The number of carbonyl (C=O) groups is 2. The lowest BCUT2D eigenvalue weighted by Gasteiger charge is -2.29. The Balaban J connectivity index is 1.29. The number of hydrogen-bond donors (Lipinski definition) is 0. The number of fused-ring (bicyclic) bond motifs is 3. The molecular formula is C22H29NO5. The van der Waals surface area contributed by atoms with Gasteiger partial charge in [0.15, 0.2) is 18.1 Å². The Morgan fingerprint density at radius 2 is 1.82 bits per heavy atom. The van der Waals surface area contributed by atoms with Gasteiger partial charge in [0.05, 0.1) is 14.2 Å². The fourth-order valence-corrected chi connectivity index (χ4v) is 5.23. The van der Waals surface area contributed by atoms with E-state index in [0.717, 1.165) is 29.9 Å². The first kappa shape index (κ1) is 19.1. The van der Waals surface area contributed by atoms with Crippen LogP contribution in [0.2, 0.25) is 0 Å². The van der Waals surface area contributed by atoms with Gasteiger partial charge in [-0.15, -0.1) is 0 Å². The lowest BCUT2D eigenvalue weighted by atomic mass is 9.86. The third kappa shape index (κ3) is 3.82. The average molecular weight is 387 g/mol. The van der Waals surface area contributed by atoms with E-state index in [-0.39, 0.29) is 18.5 Å². The third-order valence-corrected chi connectivity index (χ3v) is 6.74. The van der Waals surface area contributed by atoms with E-state index >= 15 is 0 Å². The van der Waals surface area contributed by atoms with Crippen LogP contribution in [0, 0.1) is 17.8 Å². The maximum absolute atomic E-state index is 12.5. The number of benzene rings is 1. The largest absolute Gasteiger partial charge is 0.493 e. The van der Waals surface area contributed by atoms with E-state index in [1.54, 1.807) is 19.1 Å². The second-order valence-corrected chi connectivity index (χ2v) is 8.34. The minimum absolute atomic E-state index is 0.137. The number of nitrogens with zero attached hydrogens (tertiary/aromatic N) is 1. The predicted octanol–water partition coefficient (Wildman–Crippen LogP) is 2.96. The second-order valence-electron chi connectivity index (χ2n) is 8.34. The highest BCUT2D eigenvalue weighted by atomic mass is 16.5. The van der Waals surface area contributed by atoms with Gasteiger partial charge in [-0.1, -0.05) is 6.42 Å². The minimum atomic E-state index is -0.227.